The molecule has 3 fully saturated rings. The smallest absolute Gasteiger partial charge is 0.374 e. The Morgan fingerprint density at radius 3 is 2.50 bits per heavy atom. The molecule has 1 aromatic carbocycles. The minimum atomic E-state index is -1.14. The number of carbonyl (C=O) groups is 2. The number of rotatable bonds is 5. The Balaban J connectivity index is 1.06. The van der Waals surface area contributed by atoms with Crippen molar-refractivity contribution in [3.8, 4) is 0 Å². The molecule has 0 radical (unpaired) electrons. The van der Waals surface area contributed by atoms with Crippen LogP contribution in [0.15, 0.2) is 54.9 Å². The van der Waals surface area contributed by atoms with Crippen molar-refractivity contribution in [2.45, 2.75) is 38.5 Å². The van der Waals surface area contributed by atoms with E-state index in [2.05, 4.69) is 73.2 Å². The fourth-order valence-electron chi connectivity index (χ4n) is 6.99. The van der Waals surface area contributed by atoms with Gasteiger partial charge in [-0.05, 0) is 49.4 Å². The number of aromatic nitrogens is 5. The van der Waals surface area contributed by atoms with E-state index in [4.69, 9.17) is 0 Å². The van der Waals surface area contributed by atoms with Gasteiger partial charge in [0.15, 0.2) is 5.65 Å². The zero-order chi connectivity index (χ0) is 29.1. The van der Waals surface area contributed by atoms with E-state index in [1.165, 1.54) is 11.8 Å². The van der Waals surface area contributed by atoms with Crippen molar-refractivity contribution >= 4 is 29.0 Å². The number of aryl methyl sites for hydroxylation is 1. The average Bonchev–Trinajstić information content (AvgIpc) is 3.80. The minimum Gasteiger partial charge on any atom is -0.475 e. The maximum absolute atomic E-state index is 13.6. The Labute approximate surface area is 243 Å². The van der Waals surface area contributed by atoms with Gasteiger partial charge in [0.2, 0.25) is 11.6 Å². The third-order valence-corrected chi connectivity index (χ3v) is 9.42. The van der Waals surface area contributed by atoms with Crippen molar-refractivity contribution in [2.24, 2.45) is 5.41 Å². The number of carboxylic acid groups (broad SMARTS) is 1. The van der Waals surface area contributed by atoms with E-state index < -0.39 is 5.97 Å². The lowest BCUT2D eigenvalue weighted by Crippen LogP contribution is -2.34. The van der Waals surface area contributed by atoms with Crippen LogP contribution >= 0.6 is 0 Å². The molecule has 4 aromatic rings. The number of fused-ring (bicyclic) bond motifs is 1. The maximum atomic E-state index is 13.6. The standard InChI is InChI=1S/C31H34N8O3/c1-21-16-23(36-13-9-30(2,18-36)22-6-4-3-5-7-22)17-39-27(21)34-25(35-39)28(40)38-15-11-31(20-38)10-14-37(19-31)24-8-12-32-26(33-24)29(41)42/h3-8,12,16-17H,9-11,13-15,18-20H2,1-2H3,(H,41,42)/t30-,31?/m0/s1. The maximum Gasteiger partial charge on any atom is 0.374 e. The van der Waals surface area contributed by atoms with E-state index >= 15 is 0 Å². The van der Waals surface area contributed by atoms with E-state index in [0.29, 0.717) is 31.1 Å². The summed E-state index contributed by atoms with van der Waals surface area (Å²) in [6.45, 7) is 8.95. The van der Waals surface area contributed by atoms with Gasteiger partial charge in [-0.1, -0.05) is 37.3 Å². The summed E-state index contributed by atoms with van der Waals surface area (Å²) in [5.41, 5.74) is 4.16. The number of carboxylic acids is 1. The molecule has 3 aliphatic rings. The minimum absolute atomic E-state index is 0.0621. The number of nitrogens with zero attached hydrogens (tertiary/aromatic N) is 8. The van der Waals surface area contributed by atoms with Crippen LogP contribution in [0.5, 0.6) is 0 Å². The summed E-state index contributed by atoms with van der Waals surface area (Å²) in [6, 6.07) is 14.6. The molecule has 1 unspecified atom stereocenters. The Hall–Kier alpha value is -4.54. The van der Waals surface area contributed by atoms with E-state index in [1.54, 1.807) is 10.6 Å². The molecular weight excluding hydrogens is 532 g/mol. The average molecular weight is 567 g/mol. The number of likely N-dealkylation sites (tertiary alicyclic amines) is 1. The van der Waals surface area contributed by atoms with Crippen molar-refractivity contribution < 1.29 is 14.7 Å². The van der Waals surface area contributed by atoms with Gasteiger partial charge in [0, 0.05) is 56.3 Å². The Kier molecular flexibility index (Phi) is 6.14. The Bertz CT molecular complexity index is 1690. The first kappa shape index (κ1) is 26.4. The summed E-state index contributed by atoms with van der Waals surface area (Å²) in [4.78, 5) is 44.0. The first-order valence-electron chi connectivity index (χ1n) is 14.5. The third kappa shape index (κ3) is 4.53. The molecule has 0 aliphatic carbocycles. The lowest BCUT2D eigenvalue weighted by atomic mass is 9.82. The van der Waals surface area contributed by atoms with Gasteiger partial charge in [0.1, 0.15) is 5.82 Å². The van der Waals surface area contributed by atoms with Crippen molar-refractivity contribution in [3.63, 3.8) is 0 Å². The fraction of sp³-hybridized carbons (Fsp3) is 0.419. The second-order valence-corrected chi connectivity index (χ2v) is 12.4. The van der Waals surface area contributed by atoms with E-state index in [-0.39, 0.29) is 28.4 Å². The Morgan fingerprint density at radius 1 is 0.905 bits per heavy atom. The van der Waals surface area contributed by atoms with Crippen LogP contribution in [0.25, 0.3) is 5.65 Å². The summed E-state index contributed by atoms with van der Waals surface area (Å²) in [5.74, 6) is -0.665. The van der Waals surface area contributed by atoms with Gasteiger partial charge < -0.3 is 19.8 Å². The molecule has 3 aliphatic heterocycles. The number of hydrogen-bond acceptors (Lipinski definition) is 8. The number of benzene rings is 1. The van der Waals surface area contributed by atoms with Crippen LogP contribution < -0.4 is 9.80 Å². The van der Waals surface area contributed by atoms with Gasteiger partial charge in [0.05, 0.1) is 11.9 Å². The molecule has 3 aromatic heterocycles. The SMILES string of the molecule is Cc1cc(N2CC[C@](C)(c3ccccc3)C2)cn2nc(C(=O)N3CCC4(CCN(c5ccnc(C(=O)O)n5)C4)C3)nc12. The first-order valence-corrected chi connectivity index (χ1v) is 14.5. The zero-order valence-electron chi connectivity index (χ0n) is 23.9. The molecule has 1 spiro atoms. The van der Waals surface area contributed by atoms with Crippen molar-refractivity contribution in [3.05, 3.63) is 77.6 Å². The lowest BCUT2D eigenvalue weighted by Gasteiger charge is -2.26. The highest BCUT2D eigenvalue weighted by Gasteiger charge is 2.46. The van der Waals surface area contributed by atoms with Gasteiger partial charge in [-0.2, -0.15) is 0 Å². The number of aromatic carboxylic acids is 1. The van der Waals surface area contributed by atoms with Crippen molar-refractivity contribution in [1.29, 1.82) is 0 Å². The largest absolute Gasteiger partial charge is 0.475 e. The van der Waals surface area contributed by atoms with Crippen LogP contribution in [0.1, 0.15) is 58.6 Å². The van der Waals surface area contributed by atoms with Crippen LogP contribution in [0, 0.1) is 12.3 Å². The van der Waals surface area contributed by atoms with Crippen molar-refractivity contribution in [1.82, 2.24) is 29.5 Å². The Morgan fingerprint density at radius 2 is 1.69 bits per heavy atom. The second-order valence-electron chi connectivity index (χ2n) is 12.4. The predicted octanol–water partition coefficient (Wildman–Crippen LogP) is 3.44. The van der Waals surface area contributed by atoms with E-state index in [0.717, 1.165) is 50.1 Å². The highest BCUT2D eigenvalue weighted by molar-refractivity contribution is 5.91. The lowest BCUT2D eigenvalue weighted by molar-refractivity contribution is 0.0682. The van der Waals surface area contributed by atoms with Crippen LogP contribution in [0.2, 0.25) is 0 Å². The molecule has 0 bridgehead atoms. The zero-order valence-corrected chi connectivity index (χ0v) is 23.9. The molecule has 11 heteroatoms. The molecule has 3 saturated heterocycles. The molecule has 1 amide bonds. The molecule has 42 heavy (non-hydrogen) atoms. The number of pyridine rings is 1. The summed E-state index contributed by atoms with van der Waals surface area (Å²) in [7, 11) is 0. The molecule has 0 saturated carbocycles. The van der Waals surface area contributed by atoms with Crippen LogP contribution in [-0.2, 0) is 5.41 Å². The quantitative estimate of drug-likeness (QED) is 0.387. The van der Waals surface area contributed by atoms with Crippen LogP contribution in [0.4, 0.5) is 11.5 Å². The van der Waals surface area contributed by atoms with Gasteiger partial charge in [-0.15, -0.1) is 5.10 Å². The number of anilines is 2. The summed E-state index contributed by atoms with van der Waals surface area (Å²) < 4.78 is 1.76. The molecule has 216 valence electrons. The van der Waals surface area contributed by atoms with Gasteiger partial charge in [0.25, 0.3) is 5.91 Å². The molecule has 11 nitrogen and oxygen atoms in total. The van der Waals surface area contributed by atoms with Crippen LogP contribution in [-0.4, -0.2) is 85.7 Å². The highest BCUT2D eigenvalue weighted by Crippen LogP contribution is 2.41. The number of carbonyl (C=O) groups excluding carboxylic acids is 1. The monoisotopic (exact) mass is 566 g/mol. The summed E-state index contributed by atoms with van der Waals surface area (Å²) >= 11 is 0. The normalized spacial score (nSPS) is 23.9. The highest BCUT2D eigenvalue weighted by atomic mass is 16.4. The van der Waals surface area contributed by atoms with Crippen LogP contribution in [0.3, 0.4) is 0 Å². The number of amides is 1. The van der Waals surface area contributed by atoms with E-state index in [9.17, 15) is 14.7 Å². The number of hydrogen-bond donors (Lipinski definition) is 1. The first-order chi connectivity index (χ1) is 20.2. The summed E-state index contributed by atoms with van der Waals surface area (Å²) in [5, 5.41) is 13.9. The molecule has 2 atom stereocenters. The second kappa shape index (κ2) is 9.78. The predicted molar refractivity (Wildman–Crippen MR) is 157 cm³/mol. The topological polar surface area (TPSA) is 120 Å². The van der Waals surface area contributed by atoms with E-state index in [1.807, 2.05) is 18.0 Å². The molecule has 1 N–H and O–H groups in total. The van der Waals surface area contributed by atoms with Gasteiger partial charge >= 0.3 is 5.97 Å². The van der Waals surface area contributed by atoms with Gasteiger partial charge in [-0.3, -0.25) is 4.79 Å². The molecular formula is C31H34N8O3. The third-order valence-electron chi connectivity index (χ3n) is 9.42. The summed E-state index contributed by atoms with van der Waals surface area (Å²) in [6.07, 6.45) is 6.33. The van der Waals surface area contributed by atoms with Crippen molar-refractivity contribution in [2.75, 3.05) is 49.1 Å². The molecule has 7 rings (SSSR count). The fourth-order valence-corrected chi connectivity index (χ4v) is 6.99. The van der Waals surface area contributed by atoms with Gasteiger partial charge in [-0.25, -0.2) is 24.3 Å². The molecule has 6 heterocycles.